The standard InChI is InChI=1S/C23H34N4O2/c1-24-22(25-20-19-8-16-29-21(19)23(20)9-5-10-23)27-13-11-26(12-14-27)15-17-28-18-6-3-2-4-7-18/h2-4,6-7,19-21H,5,8-17H2,1H3,(H,24,25). The number of aliphatic imine (C=N–C) groups is 1. The first-order valence-corrected chi connectivity index (χ1v) is 11.3. The van der Waals surface area contributed by atoms with Crippen LogP contribution >= 0.6 is 0 Å². The second-order valence-corrected chi connectivity index (χ2v) is 8.99. The molecule has 5 rings (SSSR count). The lowest BCUT2D eigenvalue weighted by Gasteiger charge is -2.63. The summed E-state index contributed by atoms with van der Waals surface area (Å²) in [5.41, 5.74) is 0.397. The van der Waals surface area contributed by atoms with E-state index in [2.05, 4.69) is 20.1 Å². The third-order valence-electron chi connectivity index (χ3n) is 7.62. The minimum atomic E-state index is 0.397. The van der Waals surface area contributed by atoms with Gasteiger partial charge in [-0.05, 0) is 31.4 Å². The molecule has 0 bridgehead atoms. The van der Waals surface area contributed by atoms with Gasteiger partial charge in [-0.25, -0.2) is 0 Å². The van der Waals surface area contributed by atoms with Gasteiger partial charge in [-0.2, -0.15) is 0 Å². The molecule has 2 heterocycles. The van der Waals surface area contributed by atoms with Crippen LogP contribution in [0.25, 0.3) is 0 Å². The maximum Gasteiger partial charge on any atom is 0.193 e. The monoisotopic (exact) mass is 398 g/mol. The molecule has 6 heteroatoms. The predicted octanol–water partition coefficient (Wildman–Crippen LogP) is 2.22. The molecule has 4 fully saturated rings. The second-order valence-electron chi connectivity index (χ2n) is 8.99. The topological polar surface area (TPSA) is 49.3 Å². The first kappa shape index (κ1) is 19.2. The van der Waals surface area contributed by atoms with Crippen LogP contribution in [0.5, 0.6) is 5.75 Å². The van der Waals surface area contributed by atoms with Gasteiger partial charge >= 0.3 is 0 Å². The van der Waals surface area contributed by atoms with Crippen molar-refractivity contribution in [1.82, 2.24) is 15.1 Å². The Hall–Kier alpha value is -1.79. The Kier molecular flexibility index (Phi) is 5.39. The summed E-state index contributed by atoms with van der Waals surface area (Å²) in [6.07, 6.45) is 5.70. The fourth-order valence-corrected chi connectivity index (χ4v) is 5.88. The van der Waals surface area contributed by atoms with Gasteiger partial charge in [0.2, 0.25) is 0 Å². The summed E-state index contributed by atoms with van der Waals surface area (Å²) < 4.78 is 11.9. The van der Waals surface area contributed by atoms with E-state index in [1.165, 1.54) is 25.7 Å². The van der Waals surface area contributed by atoms with Gasteiger partial charge in [-0.1, -0.05) is 24.6 Å². The molecule has 1 N–H and O–H groups in total. The van der Waals surface area contributed by atoms with E-state index in [0.29, 0.717) is 23.5 Å². The summed E-state index contributed by atoms with van der Waals surface area (Å²) in [5.74, 6) is 2.73. The van der Waals surface area contributed by atoms with Crippen LogP contribution in [0.1, 0.15) is 25.7 Å². The molecule has 0 radical (unpaired) electrons. The molecular formula is C23H34N4O2. The van der Waals surface area contributed by atoms with Crippen molar-refractivity contribution in [1.29, 1.82) is 0 Å². The summed E-state index contributed by atoms with van der Waals surface area (Å²) in [6, 6.07) is 10.6. The Morgan fingerprint density at radius 2 is 2.00 bits per heavy atom. The molecule has 29 heavy (non-hydrogen) atoms. The van der Waals surface area contributed by atoms with Crippen LogP contribution in [0.3, 0.4) is 0 Å². The van der Waals surface area contributed by atoms with Crippen molar-refractivity contribution in [2.75, 3.05) is 53.0 Å². The fourth-order valence-electron chi connectivity index (χ4n) is 5.88. The number of benzene rings is 1. The number of para-hydroxylation sites is 1. The highest BCUT2D eigenvalue weighted by Crippen LogP contribution is 2.62. The molecule has 0 aromatic heterocycles. The lowest BCUT2D eigenvalue weighted by Crippen LogP contribution is -2.73. The molecule has 158 valence electrons. The average molecular weight is 399 g/mol. The van der Waals surface area contributed by atoms with Gasteiger partial charge in [0.1, 0.15) is 12.4 Å². The van der Waals surface area contributed by atoms with Crippen LogP contribution in [0.4, 0.5) is 0 Å². The first-order valence-electron chi connectivity index (χ1n) is 11.3. The number of hydrogen-bond acceptors (Lipinski definition) is 4. The number of ether oxygens (including phenoxy) is 2. The minimum Gasteiger partial charge on any atom is -0.492 e. The third kappa shape index (κ3) is 3.50. The van der Waals surface area contributed by atoms with Gasteiger partial charge in [0.25, 0.3) is 0 Å². The summed E-state index contributed by atoms with van der Waals surface area (Å²) in [6.45, 7) is 6.82. The zero-order valence-electron chi connectivity index (χ0n) is 17.6. The molecule has 0 amide bonds. The van der Waals surface area contributed by atoms with Crippen LogP contribution in [0.15, 0.2) is 35.3 Å². The van der Waals surface area contributed by atoms with E-state index in [9.17, 15) is 0 Å². The molecule has 2 aliphatic heterocycles. The lowest BCUT2D eigenvalue weighted by molar-refractivity contribution is -0.171. The number of nitrogens with one attached hydrogen (secondary N) is 1. The number of guanidine groups is 1. The number of hydrogen-bond donors (Lipinski definition) is 1. The van der Waals surface area contributed by atoms with Crippen LogP contribution < -0.4 is 10.1 Å². The molecule has 2 aliphatic carbocycles. The van der Waals surface area contributed by atoms with E-state index in [1.54, 1.807) is 0 Å². The van der Waals surface area contributed by atoms with Crippen LogP contribution in [0.2, 0.25) is 0 Å². The van der Waals surface area contributed by atoms with E-state index in [4.69, 9.17) is 9.47 Å². The Morgan fingerprint density at radius 3 is 2.69 bits per heavy atom. The van der Waals surface area contributed by atoms with Crippen molar-refractivity contribution in [2.45, 2.75) is 37.8 Å². The van der Waals surface area contributed by atoms with Crippen LogP contribution in [-0.4, -0.2) is 80.9 Å². The summed E-state index contributed by atoms with van der Waals surface area (Å²) in [4.78, 5) is 9.57. The van der Waals surface area contributed by atoms with Crippen LogP contribution in [-0.2, 0) is 4.74 Å². The molecule has 4 aliphatic rings. The molecule has 1 aromatic rings. The van der Waals surface area contributed by atoms with Gasteiger partial charge < -0.3 is 19.7 Å². The van der Waals surface area contributed by atoms with Gasteiger partial charge in [0.15, 0.2) is 5.96 Å². The number of fused-ring (bicyclic) bond motifs is 2. The highest BCUT2D eigenvalue weighted by molar-refractivity contribution is 5.80. The van der Waals surface area contributed by atoms with Gasteiger partial charge in [0.05, 0.1) is 6.10 Å². The molecule has 6 nitrogen and oxygen atoms in total. The molecule has 3 unspecified atom stereocenters. The quantitative estimate of drug-likeness (QED) is 0.609. The first-order chi connectivity index (χ1) is 14.3. The SMILES string of the molecule is CN=C(NC1C2CCOC2C12CCC2)N1CCN(CCOc2ccccc2)CC1. The zero-order valence-corrected chi connectivity index (χ0v) is 17.6. The summed E-state index contributed by atoms with van der Waals surface area (Å²) in [5, 5.41) is 3.87. The summed E-state index contributed by atoms with van der Waals surface area (Å²) in [7, 11) is 1.93. The molecule has 1 spiro atoms. The lowest BCUT2D eigenvalue weighted by atomic mass is 9.46. The second kappa shape index (κ2) is 8.15. The average Bonchev–Trinajstić information content (AvgIpc) is 3.14. The minimum absolute atomic E-state index is 0.397. The van der Waals surface area contributed by atoms with Gasteiger partial charge in [-0.3, -0.25) is 9.89 Å². The maximum atomic E-state index is 6.07. The van der Waals surface area contributed by atoms with E-state index < -0.39 is 0 Å². The number of rotatable bonds is 5. The smallest absolute Gasteiger partial charge is 0.193 e. The third-order valence-corrected chi connectivity index (χ3v) is 7.62. The van der Waals surface area contributed by atoms with E-state index in [1.807, 2.05) is 37.4 Å². The van der Waals surface area contributed by atoms with Crippen molar-refractivity contribution in [3.8, 4) is 5.75 Å². The van der Waals surface area contributed by atoms with Gasteiger partial charge in [-0.15, -0.1) is 0 Å². The zero-order chi connectivity index (χ0) is 19.7. The Labute approximate surface area is 174 Å². The van der Waals surface area contributed by atoms with Crippen molar-refractivity contribution in [2.24, 2.45) is 16.3 Å². The number of piperazine rings is 1. The van der Waals surface area contributed by atoms with E-state index in [-0.39, 0.29) is 0 Å². The Balaban J connectivity index is 1.09. The highest BCUT2D eigenvalue weighted by atomic mass is 16.5. The van der Waals surface area contributed by atoms with Gasteiger partial charge in [0, 0.05) is 63.8 Å². The summed E-state index contributed by atoms with van der Waals surface area (Å²) >= 11 is 0. The van der Waals surface area contributed by atoms with Crippen molar-refractivity contribution >= 4 is 5.96 Å². The highest BCUT2D eigenvalue weighted by Gasteiger charge is 2.66. The Morgan fingerprint density at radius 1 is 1.21 bits per heavy atom. The molecule has 2 saturated heterocycles. The van der Waals surface area contributed by atoms with Crippen molar-refractivity contribution in [3.63, 3.8) is 0 Å². The molecule has 1 aromatic carbocycles. The largest absolute Gasteiger partial charge is 0.492 e. The predicted molar refractivity (Wildman–Crippen MR) is 114 cm³/mol. The van der Waals surface area contributed by atoms with Crippen molar-refractivity contribution < 1.29 is 9.47 Å². The molecule has 2 saturated carbocycles. The maximum absolute atomic E-state index is 6.07. The number of nitrogens with zero attached hydrogens (tertiary/aromatic N) is 3. The fraction of sp³-hybridized carbons (Fsp3) is 0.696. The van der Waals surface area contributed by atoms with E-state index in [0.717, 1.165) is 57.6 Å². The molecule has 3 atom stereocenters. The van der Waals surface area contributed by atoms with E-state index >= 15 is 0 Å². The van der Waals surface area contributed by atoms with Crippen LogP contribution in [0, 0.1) is 11.3 Å². The Bertz CT molecular complexity index is 713. The van der Waals surface area contributed by atoms with Crippen molar-refractivity contribution in [3.05, 3.63) is 30.3 Å². The normalized spacial score (nSPS) is 31.1. The molecular weight excluding hydrogens is 364 g/mol.